The van der Waals surface area contributed by atoms with Crippen LogP contribution < -0.4 is 20.1 Å². The Morgan fingerprint density at radius 3 is 1.48 bits per heavy atom. The molecule has 0 aliphatic carbocycles. The fourth-order valence-electron chi connectivity index (χ4n) is 3.47. The summed E-state index contributed by atoms with van der Waals surface area (Å²) in [6.07, 6.45) is 0. The monoisotopic (exact) mass is 418 g/mol. The largest absolute Gasteiger partial charge is 0.497 e. The maximum atomic E-state index is 12.8. The molecule has 0 spiro atoms. The molecule has 0 saturated heterocycles. The lowest BCUT2D eigenvalue weighted by Gasteiger charge is -2.19. The molecule has 2 amide bonds. The van der Waals surface area contributed by atoms with Crippen LogP contribution in [0.4, 0.5) is 11.4 Å². The number of anilines is 2. The van der Waals surface area contributed by atoms with Crippen molar-refractivity contribution in [2.24, 2.45) is 0 Å². The normalized spacial score (nSPS) is 10.4. The zero-order chi connectivity index (χ0) is 22.5. The molecule has 0 fully saturated rings. The van der Waals surface area contributed by atoms with Crippen LogP contribution in [0.1, 0.15) is 37.4 Å². The Morgan fingerprint density at radius 2 is 1.10 bits per heavy atom. The molecule has 6 heteroatoms. The van der Waals surface area contributed by atoms with Crippen LogP contribution in [0.5, 0.6) is 11.5 Å². The van der Waals surface area contributed by atoms with Gasteiger partial charge in [-0.1, -0.05) is 18.2 Å². The smallest absolute Gasteiger partial charge is 0.255 e. The number of ether oxygens (including phenoxy) is 2. The van der Waals surface area contributed by atoms with Gasteiger partial charge in [0, 0.05) is 22.5 Å². The van der Waals surface area contributed by atoms with Crippen LogP contribution in [-0.4, -0.2) is 26.0 Å². The molecule has 0 radical (unpaired) electrons. The topological polar surface area (TPSA) is 76.7 Å². The van der Waals surface area contributed by atoms with E-state index < -0.39 is 0 Å². The number of carbonyl (C=O) groups is 2. The molecule has 0 heterocycles. The highest BCUT2D eigenvalue weighted by Gasteiger charge is 2.17. The Morgan fingerprint density at radius 1 is 0.677 bits per heavy atom. The van der Waals surface area contributed by atoms with Gasteiger partial charge in [0.1, 0.15) is 11.5 Å². The fraction of sp³-hybridized carbons (Fsp3) is 0.200. The van der Waals surface area contributed by atoms with Crippen molar-refractivity contribution in [3.63, 3.8) is 0 Å². The van der Waals surface area contributed by atoms with Gasteiger partial charge in [-0.25, -0.2) is 0 Å². The number of nitrogens with one attached hydrogen (secondary N) is 2. The Labute approximate surface area is 182 Å². The van der Waals surface area contributed by atoms with Gasteiger partial charge >= 0.3 is 0 Å². The average molecular weight is 418 g/mol. The van der Waals surface area contributed by atoms with Gasteiger partial charge < -0.3 is 20.1 Å². The van der Waals surface area contributed by atoms with Crippen LogP contribution in [0.25, 0.3) is 0 Å². The third-order valence-electron chi connectivity index (χ3n) is 5.11. The summed E-state index contributed by atoms with van der Waals surface area (Å²) in [6, 6.07) is 15.8. The molecule has 31 heavy (non-hydrogen) atoms. The third-order valence-corrected chi connectivity index (χ3v) is 5.11. The van der Waals surface area contributed by atoms with Crippen LogP contribution >= 0.6 is 0 Å². The van der Waals surface area contributed by atoms with Crippen LogP contribution in [-0.2, 0) is 0 Å². The van der Waals surface area contributed by atoms with Crippen LogP contribution in [0, 0.1) is 20.8 Å². The molecule has 6 nitrogen and oxygen atoms in total. The first kappa shape index (κ1) is 21.9. The molecule has 0 bridgehead atoms. The number of aryl methyl sites for hydroxylation is 2. The lowest BCUT2D eigenvalue weighted by atomic mass is 10.0. The summed E-state index contributed by atoms with van der Waals surface area (Å²) in [5.74, 6) is 0.713. The van der Waals surface area contributed by atoms with E-state index in [0.717, 1.165) is 16.7 Å². The lowest BCUT2D eigenvalue weighted by molar-refractivity contribution is 0.101. The molecule has 0 aliphatic heterocycles. The molecule has 3 aromatic rings. The summed E-state index contributed by atoms with van der Waals surface area (Å²) in [5.41, 5.74) is 4.90. The van der Waals surface area contributed by atoms with Gasteiger partial charge in [-0.15, -0.1) is 0 Å². The first-order chi connectivity index (χ1) is 14.8. The van der Waals surface area contributed by atoms with E-state index in [1.54, 1.807) is 62.8 Å². The zero-order valence-electron chi connectivity index (χ0n) is 18.3. The van der Waals surface area contributed by atoms with Crippen molar-refractivity contribution in [3.05, 3.63) is 82.4 Å². The van der Waals surface area contributed by atoms with Crippen molar-refractivity contribution in [3.8, 4) is 11.5 Å². The second-order valence-electron chi connectivity index (χ2n) is 7.26. The number of benzene rings is 3. The Balaban J connectivity index is 1.90. The molecule has 3 aromatic carbocycles. The van der Waals surface area contributed by atoms with Gasteiger partial charge in [-0.3, -0.25) is 9.59 Å². The molecule has 0 atom stereocenters. The van der Waals surface area contributed by atoms with Gasteiger partial charge in [0.05, 0.1) is 14.2 Å². The van der Waals surface area contributed by atoms with E-state index in [2.05, 4.69) is 10.6 Å². The highest BCUT2D eigenvalue weighted by molar-refractivity contribution is 6.08. The summed E-state index contributed by atoms with van der Waals surface area (Å²) in [6.45, 7) is 5.73. The second-order valence-corrected chi connectivity index (χ2v) is 7.26. The summed E-state index contributed by atoms with van der Waals surface area (Å²) < 4.78 is 10.4. The van der Waals surface area contributed by atoms with E-state index in [1.165, 1.54) is 0 Å². The molecular formula is C25H26N2O4. The summed E-state index contributed by atoms with van der Waals surface area (Å²) >= 11 is 0. The third kappa shape index (κ3) is 4.86. The SMILES string of the molecule is COc1cccc(C(=O)Nc2c(C)cc(C)c(NC(=O)c3cccc(OC)c3)c2C)c1. The van der Waals surface area contributed by atoms with Crippen LogP contribution in [0.3, 0.4) is 0 Å². The summed E-state index contributed by atoms with van der Waals surface area (Å²) in [4.78, 5) is 25.7. The highest BCUT2D eigenvalue weighted by atomic mass is 16.5. The van der Waals surface area contributed by atoms with Crippen molar-refractivity contribution < 1.29 is 19.1 Å². The van der Waals surface area contributed by atoms with Crippen molar-refractivity contribution in [1.82, 2.24) is 0 Å². The van der Waals surface area contributed by atoms with E-state index >= 15 is 0 Å². The number of carbonyl (C=O) groups excluding carboxylic acids is 2. The number of rotatable bonds is 6. The highest BCUT2D eigenvalue weighted by Crippen LogP contribution is 2.32. The predicted octanol–water partition coefficient (Wildman–Crippen LogP) is 5.13. The standard InChI is InChI=1S/C25H26N2O4/c1-15-12-16(2)23(27-25(29)19-9-7-11-21(14-19)31-5)17(3)22(15)26-24(28)18-8-6-10-20(13-18)30-4/h6-14H,1-5H3,(H,26,28)(H,27,29). The van der Waals surface area contributed by atoms with E-state index in [9.17, 15) is 9.59 Å². The molecule has 2 N–H and O–H groups in total. The first-order valence-electron chi connectivity index (χ1n) is 9.85. The van der Waals surface area contributed by atoms with Gasteiger partial charge in [0.15, 0.2) is 0 Å². The molecule has 160 valence electrons. The van der Waals surface area contributed by atoms with Gasteiger partial charge in [0.25, 0.3) is 11.8 Å². The van der Waals surface area contributed by atoms with Crippen molar-refractivity contribution in [1.29, 1.82) is 0 Å². The maximum Gasteiger partial charge on any atom is 0.255 e. The van der Waals surface area contributed by atoms with E-state index in [-0.39, 0.29) is 11.8 Å². The Bertz CT molecular complexity index is 1050. The zero-order valence-corrected chi connectivity index (χ0v) is 18.3. The molecule has 3 rings (SSSR count). The number of hydrogen-bond donors (Lipinski definition) is 2. The summed E-state index contributed by atoms with van der Waals surface area (Å²) in [5, 5.41) is 5.96. The maximum absolute atomic E-state index is 12.8. The average Bonchev–Trinajstić information content (AvgIpc) is 2.79. The lowest BCUT2D eigenvalue weighted by Crippen LogP contribution is -2.17. The van der Waals surface area contributed by atoms with E-state index in [0.29, 0.717) is 34.0 Å². The van der Waals surface area contributed by atoms with Crippen LogP contribution in [0.2, 0.25) is 0 Å². The molecule has 0 aromatic heterocycles. The Kier molecular flexibility index (Phi) is 6.60. The molecular weight excluding hydrogens is 392 g/mol. The minimum atomic E-state index is -0.251. The number of hydrogen-bond acceptors (Lipinski definition) is 4. The van der Waals surface area contributed by atoms with E-state index in [4.69, 9.17) is 9.47 Å². The fourth-order valence-corrected chi connectivity index (χ4v) is 3.47. The van der Waals surface area contributed by atoms with Crippen molar-refractivity contribution >= 4 is 23.2 Å². The number of methoxy groups -OCH3 is 2. The second kappa shape index (κ2) is 9.34. The van der Waals surface area contributed by atoms with Gasteiger partial charge in [-0.05, 0) is 73.9 Å². The molecule has 0 saturated carbocycles. The van der Waals surface area contributed by atoms with Crippen molar-refractivity contribution in [2.45, 2.75) is 20.8 Å². The molecule has 0 aliphatic rings. The number of amides is 2. The minimum Gasteiger partial charge on any atom is -0.497 e. The summed E-state index contributed by atoms with van der Waals surface area (Å²) in [7, 11) is 3.12. The Hall–Kier alpha value is -3.80. The first-order valence-corrected chi connectivity index (χ1v) is 9.85. The van der Waals surface area contributed by atoms with Crippen molar-refractivity contribution in [2.75, 3.05) is 24.9 Å². The quantitative estimate of drug-likeness (QED) is 0.582. The van der Waals surface area contributed by atoms with Crippen LogP contribution in [0.15, 0.2) is 54.6 Å². The molecule has 0 unspecified atom stereocenters. The van der Waals surface area contributed by atoms with Gasteiger partial charge in [-0.2, -0.15) is 0 Å². The van der Waals surface area contributed by atoms with Gasteiger partial charge in [0.2, 0.25) is 0 Å². The predicted molar refractivity (Wildman–Crippen MR) is 123 cm³/mol. The minimum absolute atomic E-state index is 0.251. The van der Waals surface area contributed by atoms with E-state index in [1.807, 2.05) is 26.8 Å².